The van der Waals surface area contributed by atoms with E-state index in [-0.39, 0.29) is 36.0 Å². The van der Waals surface area contributed by atoms with Crippen LogP contribution in [0, 0.1) is 0 Å². The molecule has 0 spiro atoms. The molecule has 0 radical (unpaired) electrons. The van der Waals surface area contributed by atoms with Crippen LogP contribution in [0.5, 0.6) is 0 Å². The van der Waals surface area contributed by atoms with Crippen molar-refractivity contribution in [2.75, 3.05) is 18.5 Å². The molecule has 3 N–H and O–H groups in total. The molecule has 0 aromatic heterocycles. The Morgan fingerprint density at radius 3 is 2.74 bits per heavy atom. The number of carboxylic acid groups (broad SMARTS) is 1. The highest BCUT2D eigenvalue weighted by Gasteiger charge is 2.44. The molecule has 11 heteroatoms. The maximum Gasteiger partial charge on any atom is 0.434 e. The van der Waals surface area contributed by atoms with Gasteiger partial charge in [-0.2, -0.15) is 0 Å². The molecule has 4 rings (SSSR count). The molecule has 0 saturated carbocycles. The highest BCUT2D eigenvalue weighted by Crippen LogP contribution is 2.38. The van der Waals surface area contributed by atoms with Gasteiger partial charge in [-0.3, -0.25) is 15.0 Å². The second-order valence-corrected chi connectivity index (χ2v) is 8.86. The van der Waals surface area contributed by atoms with Crippen molar-refractivity contribution < 1.29 is 29.0 Å². The Morgan fingerprint density at radius 1 is 1.29 bits per heavy atom. The summed E-state index contributed by atoms with van der Waals surface area (Å²) in [5.41, 5.74) is 0.543. The quantitative estimate of drug-likeness (QED) is 0.566. The van der Waals surface area contributed by atoms with Crippen LogP contribution in [0.3, 0.4) is 0 Å². The van der Waals surface area contributed by atoms with E-state index in [9.17, 15) is 19.5 Å². The molecule has 2 aromatic carbocycles. The van der Waals surface area contributed by atoms with Crippen LogP contribution in [-0.4, -0.2) is 53.3 Å². The molecule has 2 saturated heterocycles. The molecule has 2 fully saturated rings. The lowest BCUT2D eigenvalue weighted by Crippen LogP contribution is -2.62. The number of carbonyl (C=O) groups excluding carboxylic acids is 2. The van der Waals surface area contributed by atoms with Gasteiger partial charge in [-0.15, -0.1) is 4.99 Å². The van der Waals surface area contributed by atoms with Crippen molar-refractivity contribution in [1.29, 1.82) is 0 Å². The van der Waals surface area contributed by atoms with Gasteiger partial charge in [-0.05, 0) is 30.5 Å². The minimum Gasteiger partial charge on any atom is -0.463 e. The fraction of sp³-hybridized carbons (Fsp3) is 0.333. The van der Waals surface area contributed by atoms with Gasteiger partial charge < -0.3 is 19.9 Å². The molecule has 2 aromatic rings. The van der Waals surface area contributed by atoms with Crippen LogP contribution < -0.4 is 10.6 Å². The summed E-state index contributed by atoms with van der Waals surface area (Å²) in [6.07, 6.45) is -1.56. The number of rotatable bonds is 5. The zero-order valence-electron chi connectivity index (χ0n) is 19.0. The van der Waals surface area contributed by atoms with E-state index in [1.807, 2.05) is 30.3 Å². The number of carbonyl (C=O) groups is 3. The lowest BCUT2D eigenvalue weighted by atomic mass is 9.85. The van der Waals surface area contributed by atoms with Crippen LogP contribution in [0.1, 0.15) is 30.9 Å². The van der Waals surface area contributed by atoms with E-state index in [1.165, 1.54) is 4.90 Å². The lowest BCUT2D eigenvalue weighted by Gasteiger charge is -2.43. The first kappa shape index (κ1) is 24.5. The first-order valence-electron chi connectivity index (χ1n) is 11.0. The summed E-state index contributed by atoms with van der Waals surface area (Å²) >= 11 is 6.65. The number of anilines is 1. The summed E-state index contributed by atoms with van der Waals surface area (Å²) in [5.74, 6) is -0.387. The molecule has 2 aliphatic heterocycles. The Labute approximate surface area is 206 Å². The first-order chi connectivity index (χ1) is 16.8. The van der Waals surface area contributed by atoms with Crippen molar-refractivity contribution in [2.24, 2.45) is 4.99 Å². The van der Waals surface area contributed by atoms with E-state index in [1.54, 1.807) is 25.1 Å². The van der Waals surface area contributed by atoms with Gasteiger partial charge in [-0.1, -0.05) is 54.1 Å². The molecule has 1 unspecified atom stereocenters. The third-order valence-corrected chi connectivity index (χ3v) is 6.31. The minimum atomic E-state index is -1.43. The smallest absolute Gasteiger partial charge is 0.434 e. The average molecular weight is 501 g/mol. The minimum absolute atomic E-state index is 0.0102. The number of nitrogens with zero attached hydrogens (tertiary/aromatic N) is 2. The normalized spacial score (nSPS) is 23.1. The van der Waals surface area contributed by atoms with Crippen LogP contribution in [0.25, 0.3) is 0 Å². The molecule has 3 amide bonds. The van der Waals surface area contributed by atoms with Gasteiger partial charge in [0.05, 0.1) is 35.3 Å². The third-order valence-electron chi connectivity index (χ3n) is 5.90. The zero-order valence-corrected chi connectivity index (χ0v) is 19.7. The average Bonchev–Trinajstić information content (AvgIpc) is 3.33. The number of benzene rings is 2. The predicted molar refractivity (Wildman–Crippen MR) is 128 cm³/mol. The van der Waals surface area contributed by atoms with Crippen molar-refractivity contribution in [1.82, 2.24) is 10.2 Å². The highest BCUT2D eigenvalue weighted by molar-refractivity contribution is 6.34. The molecule has 184 valence electrons. The summed E-state index contributed by atoms with van der Waals surface area (Å²) in [7, 11) is 0. The Bertz CT molecular complexity index is 1150. The summed E-state index contributed by atoms with van der Waals surface area (Å²) < 4.78 is 10.6. The van der Waals surface area contributed by atoms with Gasteiger partial charge in [0, 0.05) is 6.61 Å². The Balaban J connectivity index is 1.55. The molecule has 2 atom stereocenters. The first-order valence-corrected chi connectivity index (χ1v) is 11.4. The van der Waals surface area contributed by atoms with Crippen LogP contribution in [0.15, 0.2) is 53.5 Å². The molecular formula is C24H25ClN4O6. The highest BCUT2D eigenvalue weighted by atomic mass is 35.5. The SMILES string of the molecule is C[C@@]1(c2cccc(NC(=O)OCc3ccccc3)c2Cl)CC(=O)N(C2CCOC2)C(=NC(=O)O)N1. The van der Waals surface area contributed by atoms with Crippen molar-refractivity contribution in [3.63, 3.8) is 0 Å². The van der Waals surface area contributed by atoms with E-state index < -0.39 is 17.7 Å². The van der Waals surface area contributed by atoms with E-state index in [0.717, 1.165) is 5.56 Å². The maximum atomic E-state index is 13.2. The maximum absolute atomic E-state index is 13.2. The molecule has 35 heavy (non-hydrogen) atoms. The zero-order chi connectivity index (χ0) is 25.0. The van der Waals surface area contributed by atoms with Crippen LogP contribution in [-0.2, 0) is 26.4 Å². The van der Waals surface area contributed by atoms with E-state index in [2.05, 4.69) is 15.6 Å². The topological polar surface area (TPSA) is 130 Å². The summed E-state index contributed by atoms with van der Waals surface area (Å²) in [4.78, 5) is 41.9. The largest absolute Gasteiger partial charge is 0.463 e. The lowest BCUT2D eigenvalue weighted by molar-refractivity contribution is -0.132. The van der Waals surface area contributed by atoms with Gasteiger partial charge in [0.15, 0.2) is 0 Å². The number of hydrogen-bond acceptors (Lipinski definition) is 5. The van der Waals surface area contributed by atoms with Crippen LogP contribution in [0.4, 0.5) is 15.3 Å². The molecule has 2 aliphatic rings. The summed E-state index contributed by atoms with van der Waals surface area (Å²) in [6, 6.07) is 13.9. The monoisotopic (exact) mass is 500 g/mol. The third kappa shape index (κ3) is 5.55. The Morgan fingerprint density at radius 2 is 2.06 bits per heavy atom. The van der Waals surface area contributed by atoms with Gasteiger partial charge in [0.1, 0.15) is 6.61 Å². The summed E-state index contributed by atoms with van der Waals surface area (Å²) in [5, 5.41) is 15.2. The molecular weight excluding hydrogens is 476 g/mol. The van der Waals surface area contributed by atoms with E-state index in [4.69, 9.17) is 21.1 Å². The second-order valence-electron chi connectivity index (χ2n) is 8.49. The second kappa shape index (κ2) is 10.3. The van der Waals surface area contributed by atoms with E-state index >= 15 is 0 Å². The number of halogens is 1. The van der Waals surface area contributed by atoms with Gasteiger partial charge >= 0.3 is 12.2 Å². The van der Waals surface area contributed by atoms with Crippen molar-refractivity contribution >= 4 is 41.3 Å². The Kier molecular flexibility index (Phi) is 7.23. The predicted octanol–water partition coefficient (Wildman–Crippen LogP) is 3.95. The van der Waals surface area contributed by atoms with Gasteiger partial charge in [-0.25, -0.2) is 9.59 Å². The molecule has 2 heterocycles. The van der Waals surface area contributed by atoms with Crippen molar-refractivity contribution in [3.8, 4) is 0 Å². The van der Waals surface area contributed by atoms with E-state index in [0.29, 0.717) is 30.9 Å². The van der Waals surface area contributed by atoms with Gasteiger partial charge in [0.2, 0.25) is 11.9 Å². The number of nitrogens with one attached hydrogen (secondary N) is 2. The van der Waals surface area contributed by atoms with Crippen molar-refractivity contribution in [2.45, 2.75) is 38.0 Å². The van der Waals surface area contributed by atoms with Crippen LogP contribution >= 0.6 is 11.6 Å². The Hall–Kier alpha value is -3.63. The molecule has 0 aliphatic carbocycles. The number of guanidine groups is 1. The number of ether oxygens (including phenoxy) is 2. The van der Waals surface area contributed by atoms with Crippen molar-refractivity contribution in [3.05, 3.63) is 64.7 Å². The van der Waals surface area contributed by atoms with Gasteiger partial charge in [0.25, 0.3) is 0 Å². The number of amides is 3. The number of aliphatic imine (C=N–C) groups is 1. The standard InChI is InChI=1S/C24H25ClN4O6/c1-24(12-19(30)29(16-10-11-34-14-16)21(28-24)27-22(31)32)17-8-5-9-18(20(17)25)26-23(33)35-13-15-6-3-2-4-7-15/h2-9,16H,10-14H2,1H3,(H,26,33)(H,27,28)(H,31,32)/t16?,24-/m0/s1. The summed E-state index contributed by atoms with van der Waals surface area (Å²) in [6.45, 7) is 2.59. The molecule has 0 bridgehead atoms. The number of hydrogen-bond donors (Lipinski definition) is 3. The van der Waals surface area contributed by atoms with Crippen LogP contribution in [0.2, 0.25) is 5.02 Å². The fourth-order valence-electron chi connectivity index (χ4n) is 4.22. The molecule has 10 nitrogen and oxygen atoms in total. The fourth-order valence-corrected chi connectivity index (χ4v) is 4.60.